The zero-order valence-corrected chi connectivity index (χ0v) is 34.8. The van der Waals surface area contributed by atoms with Gasteiger partial charge in [-0.2, -0.15) is 0 Å². The quantitative estimate of drug-likeness (QED) is 0.209. The zero-order chi connectivity index (χ0) is 41.0. The highest BCUT2D eigenvalue weighted by Gasteiger charge is 2.50. The van der Waals surface area contributed by atoms with Gasteiger partial charge in [0.2, 0.25) is 5.89 Å². The van der Waals surface area contributed by atoms with Crippen molar-refractivity contribution in [1.82, 2.24) is 4.98 Å². The van der Waals surface area contributed by atoms with Crippen LogP contribution in [-0.2, 0) is 9.47 Å². The van der Waals surface area contributed by atoms with E-state index in [2.05, 4.69) is 30.8 Å². The maximum atomic E-state index is 12.3. The van der Waals surface area contributed by atoms with E-state index in [0.29, 0.717) is 62.1 Å². The van der Waals surface area contributed by atoms with Gasteiger partial charge in [0, 0.05) is 72.4 Å². The van der Waals surface area contributed by atoms with E-state index in [1.165, 1.54) is 7.11 Å². The molecule has 2 aromatic carbocycles. The largest absolute Gasteiger partial charge is 0.496 e. The maximum Gasteiger partial charge on any atom is 0.288 e. The lowest BCUT2D eigenvalue weighted by Crippen LogP contribution is -2.45. The van der Waals surface area contributed by atoms with Crippen molar-refractivity contribution in [2.24, 2.45) is 29.6 Å². The molecule has 3 aliphatic rings. The molecule has 0 spiro atoms. The molecule has 3 aliphatic heterocycles. The average Bonchev–Trinajstić information content (AvgIpc) is 3.73. The number of aromatic nitrogens is 1. The molecule has 12 heteroatoms. The molecule has 6 bridgehead atoms. The molecular weight excluding hydrogens is 716 g/mol. The number of hydrogen-bond acceptors (Lipinski definition) is 12. The molecule has 4 heterocycles. The number of oxazole rings is 1. The fraction of sp³-hybridized carbons (Fsp3) is 0.614. The van der Waals surface area contributed by atoms with Gasteiger partial charge in [0.15, 0.2) is 17.4 Å². The van der Waals surface area contributed by atoms with Gasteiger partial charge in [0.05, 0.1) is 37.9 Å². The smallest absolute Gasteiger partial charge is 0.288 e. The highest BCUT2D eigenvalue weighted by molar-refractivity contribution is 6.18. The summed E-state index contributed by atoms with van der Waals surface area (Å²) in [5.74, 6) is 1.48. The highest BCUT2D eigenvalue weighted by atomic mass is 16.7. The Balaban J connectivity index is 1.64. The summed E-state index contributed by atoms with van der Waals surface area (Å²) < 4.78 is 37.5. The SMILES string of the molecule is COc1c(N2CCC(C)CC2C)c2nc3oc2c2c(OC)c(C)c4c(c12)C(O)C(C)(OC#C[C@@H](OC)C(C)[C@@H](O)[C@@H](C)[C@H](O)[C@H](C)[C@@H](O)[C@@H](C)/C=C/C=C\3C)O4. The molecule has 4 N–H and O–H groups in total. The monoisotopic (exact) mass is 776 g/mol. The van der Waals surface area contributed by atoms with Gasteiger partial charge in [-0.1, -0.05) is 52.8 Å². The van der Waals surface area contributed by atoms with E-state index in [-0.39, 0.29) is 12.0 Å². The van der Waals surface area contributed by atoms with Crippen LogP contribution in [0.1, 0.15) is 91.4 Å². The Bertz CT molecular complexity index is 2060. The van der Waals surface area contributed by atoms with Crippen LogP contribution in [0.5, 0.6) is 17.2 Å². The lowest BCUT2D eigenvalue weighted by molar-refractivity contribution is -0.172. The number of benzene rings is 2. The van der Waals surface area contributed by atoms with Crippen molar-refractivity contribution in [2.75, 3.05) is 32.8 Å². The topological polar surface area (TPSA) is 156 Å². The van der Waals surface area contributed by atoms with Gasteiger partial charge >= 0.3 is 0 Å². The second-order valence-corrected chi connectivity index (χ2v) is 16.6. The predicted molar refractivity (Wildman–Crippen MR) is 216 cm³/mol. The van der Waals surface area contributed by atoms with Gasteiger partial charge < -0.3 is 53.4 Å². The van der Waals surface area contributed by atoms with Crippen molar-refractivity contribution >= 4 is 33.1 Å². The number of nitrogens with zero attached hydrogens (tertiary/aromatic N) is 2. The van der Waals surface area contributed by atoms with E-state index in [1.807, 2.05) is 39.0 Å². The lowest BCUT2D eigenvalue weighted by atomic mass is 9.78. The molecule has 0 saturated carbocycles. The summed E-state index contributed by atoms with van der Waals surface area (Å²) in [6.45, 7) is 17.8. The molecule has 5 unspecified atom stereocenters. The minimum atomic E-state index is -1.67. The van der Waals surface area contributed by atoms with Gasteiger partial charge in [0.1, 0.15) is 34.9 Å². The average molecular weight is 777 g/mol. The van der Waals surface area contributed by atoms with Crippen LogP contribution < -0.4 is 19.1 Å². The molecule has 56 heavy (non-hydrogen) atoms. The van der Waals surface area contributed by atoms with Crippen molar-refractivity contribution < 1.29 is 48.5 Å². The molecule has 3 aromatic rings. The van der Waals surface area contributed by atoms with Gasteiger partial charge in [0.25, 0.3) is 5.79 Å². The van der Waals surface area contributed by atoms with Crippen LogP contribution in [0.15, 0.2) is 22.6 Å². The van der Waals surface area contributed by atoms with Crippen molar-refractivity contribution in [3.63, 3.8) is 0 Å². The molecular formula is C44H60N2O10. The zero-order valence-electron chi connectivity index (χ0n) is 34.8. The Morgan fingerprint density at radius 3 is 2.20 bits per heavy atom. The van der Waals surface area contributed by atoms with Gasteiger partial charge in [-0.15, -0.1) is 0 Å². The predicted octanol–water partition coefficient (Wildman–Crippen LogP) is 6.67. The van der Waals surface area contributed by atoms with E-state index in [0.717, 1.165) is 30.6 Å². The molecule has 12 nitrogen and oxygen atoms in total. The van der Waals surface area contributed by atoms with Crippen LogP contribution in [-0.4, -0.2) is 89.5 Å². The highest BCUT2D eigenvalue weighted by Crippen LogP contribution is 2.58. The first-order valence-electron chi connectivity index (χ1n) is 19.8. The molecule has 1 aromatic heterocycles. The first kappa shape index (κ1) is 41.6. The van der Waals surface area contributed by atoms with Crippen LogP contribution in [0.25, 0.3) is 27.4 Å². The Morgan fingerprint density at radius 1 is 0.893 bits per heavy atom. The molecule has 306 valence electrons. The summed E-state index contributed by atoms with van der Waals surface area (Å²) in [6.07, 6.45) is 5.15. The second-order valence-electron chi connectivity index (χ2n) is 16.6. The second kappa shape index (κ2) is 16.1. The Kier molecular flexibility index (Phi) is 12.0. The number of allylic oxidation sites excluding steroid dienone is 3. The minimum absolute atomic E-state index is 0.150. The van der Waals surface area contributed by atoms with Crippen LogP contribution in [0.4, 0.5) is 5.69 Å². The van der Waals surface area contributed by atoms with Crippen LogP contribution in [0, 0.1) is 48.5 Å². The van der Waals surface area contributed by atoms with E-state index in [9.17, 15) is 20.4 Å². The lowest BCUT2D eigenvalue weighted by Gasteiger charge is -2.39. The molecule has 1 fully saturated rings. The number of rotatable bonds is 4. The van der Waals surface area contributed by atoms with Crippen molar-refractivity contribution in [1.29, 1.82) is 0 Å². The summed E-state index contributed by atoms with van der Waals surface area (Å²) >= 11 is 0. The fourth-order valence-electron chi connectivity index (χ4n) is 8.97. The van der Waals surface area contributed by atoms with Crippen molar-refractivity contribution in [3.8, 4) is 29.3 Å². The maximum absolute atomic E-state index is 12.3. The summed E-state index contributed by atoms with van der Waals surface area (Å²) in [5, 5.41) is 47.5. The Hall–Kier alpha value is -3.99. The van der Waals surface area contributed by atoms with E-state index in [4.69, 9.17) is 33.1 Å². The normalized spacial score (nSPS) is 35.6. The van der Waals surface area contributed by atoms with Gasteiger partial charge in [-0.05, 0) is 45.5 Å². The number of piperidine rings is 1. The number of fused-ring (bicyclic) bond motifs is 2. The molecule has 0 radical (unpaired) electrons. The number of aliphatic hydroxyl groups is 4. The van der Waals surface area contributed by atoms with Crippen LogP contribution >= 0.6 is 0 Å². The number of anilines is 1. The molecule has 6 rings (SSSR count). The number of aliphatic hydroxyl groups excluding tert-OH is 4. The third kappa shape index (κ3) is 7.00. The van der Waals surface area contributed by atoms with Crippen LogP contribution in [0.2, 0.25) is 0 Å². The summed E-state index contributed by atoms with van der Waals surface area (Å²) in [5.41, 5.74) is 3.65. The van der Waals surface area contributed by atoms with Crippen molar-refractivity contribution in [2.45, 2.75) is 118 Å². The third-order valence-corrected chi connectivity index (χ3v) is 12.6. The van der Waals surface area contributed by atoms with Gasteiger partial charge in [-0.25, -0.2) is 4.98 Å². The molecule has 0 aliphatic carbocycles. The summed E-state index contributed by atoms with van der Waals surface area (Å²) in [6, 6.07) is 0.150. The number of ether oxygens (including phenoxy) is 5. The van der Waals surface area contributed by atoms with E-state index < -0.39 is 54.1 Å². The minimum Gasteiger partial charge on any atom is -0.496 e. The first-order chi connectivity index (χ1) is 26.5. The standard InChI is InChI=1S/C44H60N2O10/c1-21-16-18-46(24(4)20-21)34-33-40-31-30(41(34)53-12)32-39(28(8)38(31)52-11)56-44(9,42(32)50)54-19-17-29(51-10)25(5)36(48)27(7)37(49)26(6)35(47)22(2)14-13-15-23(3)43(45-33)55-40/h13-15,21-22,24-27,29,35-37,42,47-50H,16,18,20H2,1-12H3/b14-13+,23-15-/t21?,22-,24?,25?,26+,27+,29+,35-,36+,37+,42?,44?/m0/s1. The molecule has 0 amide bonds. The number of methoxy groups -OCH3 is 3. The molecule has 12 atom stereocenters. The van der Waals surface area contributed by atoms with Crippen LogP contribution in [0.3, 0.4) is 0 Å². The first-order valence-corrected chi connectivity index (χ1v) is 19.8. The third-order valence-electron chi connectivity index (χ3n) is 12.6. The summed E-state index contributed by atoms with van der Waals surface area (Å²) in [4.78, 5) is 7.45. The molecule has 1 saturated heterocycles. The summed E-state index contributed by atoms with van der Waals surface area (Å²) in [7, 11) is 4.68. The van der Waals surface area contributed by atoms with E-state index >= 15 is 0 Å². The van der Waals surface area contributed by atoms with Crippen molar-refractivity contribution in [3.05, 3.63) is 35.2 Å². The Labute approximate surface area is 330 Å². The van der Waals surface area contributed by atoms with E-state index in [1.54, 1.807) is 41.9 Å². The number of hydrogen-bond donors (Lipinski definition) is 4. The Morgan fingerprint density at radius 2 is 1.55 bits per heavy atom. The fourth-order valence-corrected chi connectivity index (χ4v) is 8.97. The van der Waals surface area contributed by atoms with Gasteiger partial charge in [-0.3, -0.25) is 0 Å².